The fraction of sp³-hybridized carbons (Fsp3) is 0.357. The summed E-state index contributed by atoms with van der Waals surface area (Å²) in [6.45, 7) is 2.09. The zero-order valence-electron chi connectivity index (χ0n) is 11.8. The number of hydrogen-bond acceptors (Lipinski definition) is 6. The van der Waals surface area contributed by atoms with Gasteiger partial charge in [0, 0.05) is 30.7 Å². The predicted molar refractivity (Wildman–Crippen MR) is 89.6 cm³/mol. The van der Waals surface area contributed by atoms with Crippen LogP contribution in [-0.2, 0) is 6.54 Å². The molecule has 0 aliphatic carbocycles. The van der Waals surface area contributed by atoms with Crippen LogP contribution in [0.1, 0.15) is 5.69 Å². The molecule has 0 atom stereocenters. The van der Waals surface area contributed by atoms with Gasteiger partial charge in [-0.2, -0.15) is 11.8 Å². The van der Waals surface area contributed by atoms with E-state index in [-0.39, 0.29) is 5.82 Å². The first-order chi connectivity index (χ1) is 10.8. The van der Waals surface area contributed by atoms with E-state index in [1.165, 1.54) is 10.7 Å². The molecule has 0 radical (unpaired) electrons. The molecular formula is C14H14FN5S2. The largest absolute Gasteiger partial charge is 0.368 e. The van der Waals surface area contributed by atoms with E-state index in [4.69, 9.17) is 0 Å². The quantitative estimate of drug-likeness (QED) is 0.635. The van der Waals surface area contributed by atoms with Crippen molar-refractivity contribution in [3.05, 3.63) is 35.9 Å². The normalized spacial score (nSPS) is 14.7. The molecule has 22 heavy (non-hydrogen) atoms. The van der Waals surface area contributed by atoms with Crippen molar-refractivity contribution in [2.24, 2.45) is 4.99 Å². The maximum Gasteiger partial charge on any atom is 0.148 e. The summed E-state index contributed by atoms with van der Waals surface area (Å²) in [4.78, 5) is 5.89. The number of isothiocyanates is 1. The summed E-state index contributed by atoms with van der Waals surface area (Å²) in [5.74, 6) is 1.83. The molecule has 0 saturated carbocycles. The van der Waals surface area contributed by atoms with E-state index in [9.17, 15) is 4.39 Å². The lowest BCUT2D eigenvalue weighted by Gasteiger charge is -2.28. The number of benzene rings is 1. The minimum absolute atomic E-state index is 0.238. The van der Waals surface area contributed by atoms with Gasteiger partial charge in [-0.1, -0.05) is 5.21 Å². The standard InChI is InChI=1S/C14H14FN5S2/c15-13-7-12(20-9-11(17-18-20)8-16-10-21)1-2-14(13)19-3-5-22-6-4-19/h1-2,7,9H,3-6,8H2. The Bertz CT molecular complexity index is 705. The van der Waals surface area contributed by atoms with E-state index >= 15 is 0 Å². The zero-order valence-corrected chi connectivity index (χ0v) is 13.4. The van der Waals surface area contributed by atoms with Crippen molar-refractivity contribution < 1.29 is 4.39 Å². The summed E-state index contributed by atoms with van der Waals surface area (Å²) in [5, 5.41) is 10.2. The molecule has 0 spiro atoms. The second-order valence-corrected chi connectivity index (χ2v) is 6.20. The zero-order chi connectivity index (χ0) is 15.4. The highest BCUT2D eigenvalue weighted by atomic mass is 32.2. The second kappa shape index (κ2) is 7.00. The van der Waals surface area contributed by atoms with Crippen LogP contribution in [0.25, 0.3) is 5.69 Å². The van der Waals surface area contributed by atoms with Crippen LogP contribution in [0.5, 0.6) is 0 Å². The van der Waals surface area contributed by atoms with Gasteiger partial charge in [-0.05, 0) is 24.4 Å². The molecule has 0 N–H and O–H groups in total. The number of thioether (sulfide) groups is 1. The molecular weight excluding hydrogens is 321 g/mol. The molecule has 1 aliphatic heterocycles. The summed E-state index contributed by atoms with van der Waals surface area (Å²) in [5.41, 5.74) is 1.95. The third kappa shape index (κ3) is 3.35. The van der Waals surface area contributed by atoms with Crippen LogP contribution in [-0.4, -0.2) is 44.8 Å². The first-order valence-electron chi connectivity index (χ1n) is 6.85. The monoisotopic (exact) mass is 335 g/mol. The van der Waals surface area contributed by atoms with Gasteiger partial charge in [0.25, 0.3) is 0 Å². The molecule has 2 aromatic rings. The summed E-state index contributed by atoms with van der Waals surface area (Å²) in [6.07, 6.45) is 1.71. The minimum Gasteiger partial charge on any atom is -0.368 e. The van der Waals surface area contributed by atoms with Crippen LogP contribution in [0, 0.1) is 5.82 Å². The van der Waals surface area contributed by atoms with E-state index in [2.05, 4.69) is 37.6 Å². The number of nitrogens with zero attached hydrogens (tertiary/aromatic N) is 5. The van der Waals surface area contributed by atoms with Gasteiger partial charge in [0.2, 0.25) is 0 Å². The maximum absolute atomic E-state index is 14.4. The van der Waals surface area contributed by atoms with Crippen LogP contribution >= 0.6 is 24.0 Å². The Morgan fingerprint density at radius 1 is 1.36 bits per heavy atom. The summed E-state index contributed by atoms with van der Waals surface area (Å²) >= 11 is 6.42. The number of rotatable bonds is 4. The summed E-state index contributed by atoms with van der Waals surface area (Å²) in [7, 11) is 0. The van der Waals surface area contributed by atoms with Crippen molar-refractivity contribution in [3.8, 4) is 5.69 Å². The third-order valence-electron chi connectivity index (χ3n) is 3.39. The van der Waals surface area contributed by atoms with E-state index in [1.807, 2.05) is 17.8 Å². The smallest absolute Gasteiger partial charge is 0.148 e. The molecule has 0 unspecified atom stereocenters. The Labute approximate surface area is 137 Å². The number of halogens is 1. The van der Waals surface area contributed by atoms with Crippen LogP contribution in [0.4, 0.5) is 10.1 Å². The molecule has 8 heteroatoms. The van der Waals surface area contributed by atoms with Gasteiger partial charge >= 0.3 is 0 Å². The van der Waals surface area contributed by atoms with Crippen molar-refractivity contribution >= 4 is 34.8 Å². The highest BCUT2D eigenvalue weighted by Gasteiger charge is 2.15. The van der Waals surface area contributed by atoms with Gasteiger partial charge in [-0.25, -0.2) is 14.1 Å². The molecule has 0 bridgehead atoms. The van der Waals surface area contributed by atoms with E-state index < -0.39 is 0 Å². The lowest BCUT2D eigenvalue weighted by atomic mass is 10.2. The Morgan fingerprint density at radius 3 is 2.91 bits per heavy atom. The van der Waals surface area contributed by atoms with Crippen molar-refractivity contribution in [1.82, 2.24) is 15.0 Å². The number of aromatic nitrogens is 3. The van der Waals surface area contributed by atoms with Gasteiger partial charge in [0.15, 0.2) is 0 Å². The fourth-order valence-corrected chi connectivity index (χ4v) is 3.28. The van der Waals surface area contributed by atoms with Crippen LogP contribution < -0.4 is 4.90 Å². The van der Waals surface area contributed by atoms with E-state index in [0.717, 1.165) is 24.6 Å². The molecule has 1 aliphatic rings. The molecule has 1 fully saturated rings. The fourth-order valence-electron chi connectivity index (χ4n) is 2.31. The Kier molecular flexibility index (Phi) is 4.82. The predicted octanol–water partition coefficient (Wildman–Crippen LogP) is 2.56. The minimum atomic E-state index is -0.238. The maximum atomic E-state index is 14.4. The Balaban J connectivity index is 1.81. The van der Waals surface area contributed by atoms with Gasteiger partial charge in [-0.15, -0.1) is 5.10 Å². The second-order valence-electron chi connectivity index (χ2n) is 4.80. The lowest BCUT2D eigenvalue weighted by Crippen LogP contribution is -2.33. The topological polar surface area (TPSA) is 46.3 Å². The van der Waals surface area contributed by atoms with Crippen LogP contribution in [0.2, 0.25) is 0 Å². The molecule has 2 heterocycles. The van der Waals surface area contributed by atoms with Gasteiger partial charge in [0.1, 0.15) is 11.5 Å². The summed E-state index contributed by atoms with van der Waals surface area (Å²) in [6, 6.07) is 5.14. The van der Waals surface area contributed by atoms with Crippen molar-refractivity contribution in [2.75, 3.05) is 29.5 Å². The first kappa shape index (κ1) is 15.1. The molecule has 0 amide bonds. The third-order valence-corrected chi connectivity index (χ3v) is 4.47. The first-order valence-corrected chi connectivity index (χ1v) is 8.41. The average Bonchev–Trinajstić information content (AvgIpc) is 3.02. The lowest BCUT2D eigenvalue weighted by molar-refractivity contribution is 0.617. The Morgan fingerprint density at radius 2 is 2.18 bits per heavy atom. The molecule has 1 aromatic heterocycles. The van der Waals surface area contributed by atoms with Gasteiger partial charge < -0.3 is 4.90 Å². The highest BCUT2D eigenvalue weighted by molar-refractivity contribution is 7.99. The number of thiocarbonyl (C=S) groups is 1. The molecule has 1 aromatic carbocycles. The number of aliphatic imine (C=N–C) groups is 1. The van der Waals surface area contributed by atoms with Crippen LogP contribution in [0.15, 0.2) is 29.4 Å². The number of anilines is 1. The SMILES string of the molecule is Fc1cc(-n2cc(CN=C=S)nn2)ccc1N1CCSCC1. The van der Waals surface area contributed by atoms with Crippen LogP contribution in [0.3, 0.4) is 0 Å². The molecule has 3 rings (SSSR count). The van der Waals surface area contributed by atoms with Crippen molar-refractivity contribution in [3.63, 3.8) is 0 Å². The molecule has 114 valence electrons. The van der Waals surface area contributed by atoms with Crippen molar-refractivity contribution in [1.29, 1.82) is 0 Å². The Hall–Kier alpha value is -1.76. The highest BCUT2D eigenvalue weighted by Crippen LogP contribution is 2.24. The molecule has 5 nitrogen and oxygen atoms in total. The van der Waals surface area contributed by atoms with Gasteiger partial charge in [0.05, 0.1) is 29.3 Å². The van der Waals surface area contributed by atoms with E-state index in [0.29, 0.717) is 23.6 Å². The summed E-state index contributed by atoms with van der Waals surface area (Å²) < 4.78 is 15.9. The molecule has 1 saturated heterocycles. The average molecular weight is 335 g/mol. The number of hydrogen-bond donors (Lipinski definition) is 0. The van der Waals surface area contributed by atoms with Crippen molar-refractivity contribution in [2.45, 2.75) is 6.54 Å². The van der Waals surface area contributed by atoms with E-state index in [1.54, 1.807) is 12.3 Å². The van der Waals surface area contributed by atoms with Gasteiger partial charge in [-0.3, -0.25) is 0 Å².